The van der Waals surface area contributed by atoms with Crippen LogP contribution in [0.2, 0.25) is 0 Å². The maximum absolute atomic E-state index is 13.3. The van der Waals surface area contributed by atoms with Crippen LogP contribution in [0.5, 0.6) is 0 Å². The quantitative estimate of drug-likeness (QED) is 0.807. The zero-order valence-corrected chi connectivity index (χ0v) is 11.6. The molecule has 0 bridgehead atoms. The van der Waals surface area contributed by atoms with Gasteiger partial charge in [-0.1, -0.05) is 19.9 Å². The van der Waals surface area contributed by atoms with Crippen molar-refractivity contribution in [2.75, 3.05) is 13.2 Å². The second-order valence-electron chi connectivity index (χ2n) is 4.74. The highest BCUT2D eigenvalue weighted by Gasteiger charge is 2.15. The number of hydrogen-bond acceptors (Lipinski definition) is 2. The van der Waals surface area contributed by atoms with E-state index in [1.165, 1.54) is 6.07 Å². The van der Waals surface area contributed by atoms with Crippen molar-refractivity contribution < 1.29 is 9.50 Å². The van der Waals surface area contributed by atoms with E-state index in [4.69, 9.17) is 5.11 Å². The molecule has 0 heterocycles. The van der Waals surface area contributed by atoms with Crippen molar-refractivity contribution in [3.63, 3.8) is 0 Å². The highest BCUT2D eigenvalue weighted by atomic mass is 19.1. The van der Waals surface area contributed by atoms with Crippen LogP contribution in [0.15, 0.2) is 18.2 Å². The fourth-order valence-electron chi connectivity index (χ4n) is 2.35. The Morgan fingerprint density at radius 2 is 1.94 bits per heavy atom. The van der Waals surface area contributed by atoms with Gasteiger partial charge in [0, 0.05) is 19.1 Å². The molecule has 0 aliphatic carbocycles. The van der Waals surface area contributed by atoms with Crippen LogP contribution in [0.1, 0.15) is 37.8 Å². The van der Waals surface area contributed by atoms with E-state index in [-0.39, 0.29) is 12.4 Å². The summed E-state index contributed by atoms with van der Waals surface area (Å²) in [5, 5.41) is 9.16. The maximum Gasteiger partial charge on any atom is 0.123 e. The lowest BCUT2D eigenvalue weighted by Gasteiger charge is -2.30. The first-order chi connectivity index (χ1) is 8.62. The van der Waals surface area contributed by atoms with Crippen molar-refractivity contribution >= 4 is 0 Å². The van der Waals surface area contributed by atoms with Crippen LogP contribution >= 0.6 is 0 Å². The van der Waals surface area contributed by atoms with Gasteiger partial charge in [0.2, 0.25) is 0 Å². The summed E-state index contributed by atoms with van der Waals surface area (Å²) in [5.41, 5.74) is 2.11. The number of aliphatic hydroxyl groups excluding tert-OH is 1. The third kappa shape index (κ3) is 4.07. The number of aryl methyl sites for hydroxylation is 1. The molecule has 0 atom stereocenters. The predicted molar refractivity (Wildman–Crippen MR) is 73.0 cm³/mol. The Morgan fingerprint density at radius 1 is 1.28 bits per heavy atom. The summed E-state index contributed by atoms with van der Waals surface area (Å²) < 4.78 is 13.3. The van der Waals surface area contributed by atoms with Crippen LogP contribution in [0, 0.1) is 12.7 Å². The minimum absolute atomic E-state index is 0.144. The van der Waals surface area contributed by atoms with Crippen molar-refractivity contribution in [2.45, 2.75) is 46.2 Å². The lowest BCUT2D eigenvalue weighted by atomic mass is 10.1. The molecule has 0 saturated carbocycles. The van der Waals surface area contributed by atoms with Crippen LogP contribution in [0.4, 0.5) is 4.39 Å². The van der Waals surface area contributed by atoms with Crippen molar-refractivity contribution in [3.8, 4) is 0 Å². The molecule has 0 spiro atoms. The minimum Gasteiger partial charge on any atom is -0.395 e. The van der Waals surface area contributed by atoms with Crippen molar-refractivity contribution in [2.24, 2.45) is 0 Å². The highest BCUT2D eigenvalue weighted by Crippen LogP contribution is 2.17. The number of halogens is 1. The average Bonchev–Trinajstić information content (AvgIpc) is 2.35. The van der Waals surface area contributed by atoms with Crippen LogP contribution < -0.4 is 0 Å². The molecule has 0 aliphatic heterocycles. The van der Waals surface area contributed by atoms with Gasteiger partial charge in [-0.2, -0.15) is 0 Å². The molecular formula is C15H24FNO. The Hall–Kier alpha value is -0.930. The largest absolute Gasteiger partial charge is 0.395 e. The topological polar surface area (TPSA) is 23.5 Å². The molecular weight excluding hydrogens is 229 g/mol. The molecule has 1 rings (SSSR count). The van der Waals surface area contributed by atoms with Crippen LogP contribution in [0.25, 0.3) is 0 Å². The van der Waals surface area contributed by atoms with Gasteiger partial charge in [0.1, 0.15) is 5.82 Å². The molecule has 18 heavy (non-hydrogen) atoms. The number of nitrogens with zero attached hydrogens (tertiary/aromatic N) is 1. The Kier molecular flexibility index (Phi) is 6.30. The Balaban J connectivity index is 2.85. The second kappa shape index (κ2) is 7.49. The van der Waals surface area contributed by atoms with E-state index in [1.807, 2.05) is 13.0 Å². The van der Waals surface area contributed by atoms with Gasteiger partial charge in [0.15, 0.2) is 0 Å². The van der Waals surface area contributed by atoms with Crippen molar-refractivity contribution in [1.29, 1.82) is 0 Å². The summed E-state index contributed by atoms with van der Waals surface area (Å²) in [6, 6.07) is 5.35. The minimum atomic E-state index is -0.191. The molecule has 3 heteroatoms. The Morgan fingerprint density at radius 3 is 2.50 bits per heavy atom. The SMILES string of the molecule is CCC(CC)N(CCO)Cc1cc(F)ccc1C. The highest BCUT2D eigenvalue weighted by molar-refractivity contribution is 5.26. The fraction of sp³-hybridized carbons (Fsp3) is 0.600. The normalized spacial score (nSPS) is 11.5. The zero-order valence-electron chi connectivity index (χ0n) is 11.6. The van der Waals surface area contributed by atoms with Crippen LogP contribution in [0.3, 0.4) is 0 Å². The number of hydrogen-bond donors (Lipinski definition) is 1. The van der Waals surface area contributed by atoms with Gasteiger partial charge in [0.05, 0.1) is 6.61 Å². The molecule has 0 aliphatic rings. The molecule has 0 radical (unpaired) electrons. The van der Waals surface area contributed by atoms with Gasteiger partial charge in [0.25, 0.3) is 0 Å². The summed E-state index contributed by atoms with van der Waals surface area (Å²) >= 11 is 0. The molecule has 1 N–H and O–H groups in total. The third-order valence-electron chi connectivity index (χ3n) is 3.53. The number of aliphatic hydroxyl groups is 1. The smallest absolute Gasteiger partial charge is 0.123 e. The summed E-state index contributed by atoms with van der Waals surface area (Å²) in [6.45, 7) is 7.79. The van der Waals surface area contributed by atoms with E-state index in [0.29, 0.717) is 19.1 Å². The van der Waals surface area contributed by atoms with Gasteiger partial charge < -0.3 is 5.11 Å². The average molecular weight is 253 g/mol. The molecule has 1 aromatic carbocycles. The molecule has 0 unspecified atom stereocenters. The van der Waals surface area contributed by atoms with E-state index in [9.17, 15) is 4.39 Å². The van der Waals surface area contributed by atoms with E-state index in [1.54, 1.807) is 6.07 Å². The summed E-state index contributed by atoms with van der Waals surface area (Å²) in [7, 11) is 0. The van der Waals surface area contributed by atoms with E-state index < -0.39 is 0 Å². The summed E-state index contributed by atoms with van der Waals surface area (Å²) in [4.78, 5) is 2.24. The molecule has 0 fully saturated rings. The second-order valence-corrected chi connectivity index (χ2v) is 4.74. The molecule has 2 nitrogen and oxygen atoms in total. The first kappa shape index (κ1) is 15.1. The molecule has 0 aromatic heterocycles. The fourth-order valence-corrected chi connectivity index (χ4v) is 2.35. The van der Waals surface area contributed by atoms with Crippen molar-refractivity contribution in [3.05, 3.63) is 35.1 Å². The molecule has 0 saturated heterocycles. The standard InChI is InChI=1S/C15H24FNO/c1-4-15(5-2)17(8-9-18)11-13-10-14(16)7-6-12(13)3/h6-7,10,15,18H,4-5,8-9,11H2,1-3H3. The first-order valence-corrected chi connectivity index (χ1v) is 6.72. The molecule has 0 amide bonds. The molecule has 1 aromatic rings. The van der Waals surface area contributed by atoms with Gasteiger partial charge in [-0.05, 0) is 43.0 Å². The van der Waals surface area contributed by atoms with Gasteiger partial charge in [-0.25, -0.2) is 4.39 Å². The predicted octanol–water partition coefficient (Wildman–Crippen LogP) is 3.12. The first-order valence-electron chi connectivity index (χ1n) is 6.72. The third-order valence-corrected chi connectivity index (χ3v) is 3.53. The van der Waals surface area contributed by atoms with Gasteiger partial charge in [-0.3, -0.25) is 4.90 Å². The van der Waals surface area contributed by atoms with Crippen LogP contribution in [-0.4, -0.2) is 29.2 Å². The lowest BCUT2D eigenvalue weighted by molar-refractivity contribution is 0.136. The van der Waals surface area contributed by atoms with E-state index >= 15 is 0 Å². The van der Waals surface area contributed by atoms with Crippen molar-refractivity contribution in [1.82, 2.24) is 4.90 Å². The summed E-state index contributed by atoms with van der Waals surface area (Å²) in [5.74, 6) is -0.191. The Labute approximate surface area is 109 Å². The summed E-state index contributed by atoms with van der Waals surface area (Å²) in [6.07, 6.45) is 2.09. The zero-order chi connectivity index (χ0) is 13.5. The maximum atomic E-state index is 13.3. The van der Waals surface area contributed by atoms with E-state index in [2.05, 4.69) is 18.7 Å². The van der Waals surface area contributed by atoms with Gasteiger partial charge in [-0.15, -0.1) is 0 Å². The van der Waals surface area contributed by atoms with Crippen LogP contribution in [-0.2, 0) is 6.54 Å². The van der Waals surface area contributed by atoms with E-state index in [0.717, 1.165) is 24.0 Å². The monoisotopic (exact) mass is 253 g/mol. The van der Waals surface area contributed by atoms with Gasteiger partial charge >= 0.3 is 0 Å². The Bertz CT molecular complexity index is 364. The number of rotatable bonds is 7. The lowest BCUT2D eigenvalue weighted by Crippen LogP contribution is -2.36. The molecule has 102 valence electrons. The number of benzene rings is 1.